The summed E-state index contributed by atoms with van der Waals surface area (Å²) in [5, 5.41) is 5.48. The molecule has 0 aromatic heterocycles. The summed E-state index contributed by atoms with van der Waals surface area (Å²) in [6, 6.07) is 21.9. The number of rotatable bonds is 6. The number of likely N-dealkylation sites (N-methyl/N-ethyl adjacent to an activating group) is 1. The maximum atomic E-state index is 12.5. The molecule has 1 amide bonds. The number of carbonyl (C=O) groups is 1. The molecule has 0 heterocycles. The Labute approximate surface area is 154 Å². The number of ether oxygens (including phenoxy) is 1. The van der Waals surface area contributed by atoms with Crippen LogP contribution in [0, 0.1) is 0 Å². The van der Waals surface area contributed by atoms with Gasteiger partial charge in [0.25, 0.3) is 5.91 Å². The minimum absolute atomic E-state index is 0.0836. The SMILES string of the molecule is COc1ccc(C(=O)NC[C@@H](c2cccc3ccccc23)N(C)C)cc1. The Morgan fingerprint density at radius 1 is 1.00 bits per heavy atom. The molecular formula is C22H24N2O2. The number of fused-ring (bicyclic) bond motifs is 1. The molecule has 1 atom stereocenters. The molecular weight excluding hydrogens is 324 g/mol. The molecule has 3 rings (SSSR count). The Bertz CT molecular complexity index is 883. The largest absolute Gasteiger partial charge is 0.497 e. The lowest BCUT2D eigenvalue weighted by Gasteiger charge is -2.26. The van der Waals surface area contributed by atoms with Crippen molar-refractivity contribution < 1.29 is 9.53 Å². The summed E-state index contributed by atoms with van der Waals surface area (Å²) < 4.78 is 5.14. The summed E-state index contributed by atoms with van der Waals surface area (Å²) in [5.74, 6) is 0.656. The van der Waals surface area contributed by atoms with Gasteiger partial charge in [0.05, 0.1) is 13.2 Å². The van der Waals surface area contributed by atoms with Crippen LogP contribution in [0.25, 0.3) is 10.8 Å². The normalized spacial score (nSPS) is 12.2. The molecule has 4 nitrogen and oxygen atoms in total. The molecule has 0 fully saturated rings. The molecule has 0 spiro atoms. The van der Waals surface area contributed by atoms with Crippen LogP contribution < -0.4 is 10.1 Å². The number of amides is 1. The average molecular weight is 348 g/mol. The molecule has 3 aromatic carbocycles. The van der Waals surface area contributed by atoms with Gasteiger partial charge in [-0.15, -0.1) is 0 Å². The Morgan fingerprint density at radius 2 is 1.69 bits per heavy atom. The van der Waals surface area contributed by atoms with Crippen LogP contribution in [0.1, 0.15) is 22.0 Å². The molecule has 0 aliphatic carbocycles. The lowest BCUT2D eigenvalue weighted by Crippen LogP contribution is -2.34. The van der Waals surface area contributed by atoms with Crippen LogP contribution in [0.2, 0.25) is 0 Å². The molecule has 1 N–H and O–H groups in total. The first-order chi connectivity index (χ1) is 12.6. The van der Waals surface area contributed by atoms with Crippen LogP contribution in [-0.2, 0) is 0 Å². The molecule has 134 valence electrons. The van der Waals surface area contributed by atoms with Crippen molar-refractivity contribution in [1.82, 2.24) is 10.2 Å². The van der Waals surface area contributed by atoms with Gasteiger partial charge in [0.2, 0.25) is 0 Å². The third-order valence-electron chi connectivity index (χ3n) is 4.61. The quantitative estimate of drug-likeness (QED) is 0.735. The third-order valence-corrected chi connectivity index (χ3v) is 4.61. The summed E-state index contributed by atoms with van der Waals surface area (Å²) in [7, 11) is 5.68. The summed E-state index contributed by atoms with van der Waals surface area (Å²) in [6.07, 6.45) is 0. The zero-order valence-corrected chi connectivity index (χ0v) is 15.4. The number of hydrogen-bond donors (Lipinski definition) is 1. The summed E-state index contributed by atoms with van der Waals surface area (Å²) in [5.41, 5.74) is 1.84. The lowest BCUT2D eigenvalue weighted by atomic mass is 9.98. The van der Waals surface area contributed by atoms with Gasteiger partial charge in [0, 0.05) is 12.1 Å². The maximum absolute atomic E-state index is 12.5. The van der Waals surface area contributed by atoms with Crippen LogP contribution in [0.15, 0.2) is 66.7 Å². The minimum Gasteiger partial charge on any atom is -0.497 e. The summed E-state index contributed by atoms with van der Waals surface area (Å²) >= 11 is 0. The van der Waals surface area contributed by atoms with Crippen molar-refractivity contribution in [3.05, 3.63) is 77.9 Å². The molecule has 0 saturated heterocycles. The van der Waals surface area contributed by atoms with Crippen molar-refractivity contribution in [3.8, 4) is 5.75 Å². The van der Waals surface area contributed by atoms with Gasteiger partial charge in [0.15, 0.2) is 0 Å². The van der Waals surface area contributed by atoms with Crippen LogP contribution in [0.4, 0.5) is 0 Å². The predicted octanol–water partition coefficient (Wildman–Crippen LogP) is 3.88. The highest BCUT2D eigenvalue weighted by molar-refractivity contribution is 5.94. The monoisotopic (exact) mass is 348 g/mol. The lowest BCUT2D eigenvalue weighted by molar-refractivity contribution is 0.0942. The van der Waals surface area contributed by atoms with E-state index in [9.17, 15) is 4.79 Å². The number of benzene rings is 3. The highest BCUT2D eigenvalue weighted by Gasteiger charge is 2.18. The third kappa shape index (κ3) is 3.86. The van der Waals surface area contributed by atoms with E-state index in [1.54, 1.807) is 31.4 Å². The number of carbonyl (C=O) groups excluding carboxylic acids is 1. The summed E-state index contributed by atoms with van der Waals surface area (Å²) in [6.45, 7) is 0.534. The van der Waals surface area contributed by atoms with E-state index in [2.05, 4.69) is 46.6 Å². The van der Waals surface area contributed by atoms with Crippen LogP contribution in [0.5, 0.6) is 5.75 Å². The fraction of sp³-hybridized carbons (Fsp3) is 0.227. The van der Waals surface area contributed by atoms with Gasteiger partial charge in [-0.1, -0.05) is 42.5 Å². The van der Waals surface area contributed by atoms with Gasteiger partial charge < -0.3 is 15.0 Å². The van der Waals surface area contributed by atoms with Gasteiger partial charge in [-0.2, -0.15) is 0 Å². The second-order valence-corrected chi connectivity index (χ2v) is 6.49. The fourth-order valence-corrected chi connectivity index (χ4v) is 3.15. The fourth-order valence-electron chi connectivity index (χ4n) is 3.15. The topological polar surface area (TPSA) is 41.6 Å². The number of nitrogens with one attached hydrogen (secondary N) is 1. The minimum atomic E-state index is -0.0836. The van der Waals surface area contributed by atoms with E-state index in [-0.39, 0.29) is 11.9 Å². The van der Waals surface area contributed by atoms with E-state index in [0.29, 0.717) is 12.1 Å². The van der Waals surface area contributed by atoms with Gasteiger partial charge >= 0.3 is 0 Å². The van der Waals surface area contributed by atoms with Crippen molar-refractivity contribution in [1.29, 1.82) is 0 Å². The first-order valence-electron chi connectivity index (χ1n) is 8.66. The highest BCUT2D eigenvalue weighted by atomic mass is 16.5. The van der Waals surface area contributed by atoms with E-state index in [0.717, 1.165) is 5.75 Å². The van der Waals surface area contributed by atoms with Crippen LogP contribution in [-0.4, -0.2) is 38.6 Å². The van der Waals surface area contributed by atoms with E-state index in [4.69, 9.17) is 4.74 Å². The number of nitrogens with zero attached hydrogens (tertiary/aromatic N) is 1. The first-order valence-corrected chi connectivity index (χ1v) is 8.66. The molecule has 0 unspecified atom stereocenters. The van der Waals surface area contributed by atoms with Gasteiger partial charge in [0.1, 0.15) is 5.75 Å². The average Bonchev–Trinajstić information content (AvgIpc) is 2.68. The first kappa shape index (κ1) is 18.0. The zero-order chi connectivity index (χ0) is 18.5. The van der Waals surface area contributed by atoms with Crippen molar-refractivity contribution in [2.45, 2.75) is 6.04 Å². The maximum Gasteiger partial charge on any atom is 0.251 e. The molecule has 3 aromatic rings. The van der Waals surface area contributed by atoms with Gasteiger partial charge in [-0.05, 0) is 54.7 Å². The smallest absolute Gasteiger partial charge is 0.251 e. The standard InChI is InChI=1S/C22H24N2O2/c1-24(2)21(20-10-6-8-16-7-4-5-9-19(16)20)15-23-22(25)17-11-13-18(26-3)14-12-17/h4-14,21H,15H2,1-3H3,(H,23,25)/t21-/m0/s1. The summed E-state index contributed by atoms with van der Waals surface area (Å²) in [4.78, 5) is 14.6. The predicted molar refractivity (Wildman–Crippen MR) is 106 cm³/mol. The number of hydrogen-bond acceptors (Lipinski definition) is 3. The van der Waals surface area contributed by atoms with Gasteiger partial charge in [-0.3, -0.25) is 4.79 Å². The second-order valence-electron chi connectivity index (χ2n) is 6.49. The molecule has 26 heavy (non-hydrogen) atoms. The number of methoxy groups -OCH3 is 1. The van der Waals surface area contributed by atoms with Crippen molar-refractivity contribution in [3.63, 3.8) is 0 Å². The van der Waals surface area contributed by atoms with Crippen molar-refractivity contribution in [2.75, 3.05) is 27.7 Å². The second kappa shape index (κ2) is 8.02. The molecule has 4 heteroatoms. The molecule has 0 bridgehead atoms. The Hall–Kier alpha value is -2.85. The highest BCUT2D eigenvalue weighted by Crippen LogP contribution is 2.26. The molecule has 0 saturated carbocycles. The zero-order valence-electron chi connectivity index (χ0n) is 15.4. The van der Waals surface area contributed by atoms with Gasteiger partial charge in [-0.25, -0.2) is 0 Å². The van der Waals surface area contributed by atoms with Crippen LogP contribution in [0.3, 0.4) is 0 Å². The Kier molecular flexibility index (Phi) is 5.54. The van der Waals surface area contributed by atoms with E-state index in [1.165, 1.54) is 16.3 Å². The van der Waals surface area contributed by atoms with Crippen LogP contribution >= 0.6 is 0 Å². The van der Waals surface area contributed by atoms with E-state index < -0.39 is 0 Å². The van der Waals surface area contributed by atoms with Crippen molar-refractivity contribution >= 4 is 16.7 Å². The molecule has 0 aliphatic heterocycles. The van der Waals surface area contributed by atoms with E-state index >= 15 is 0 Å². The Morgan fingerprint density at radius 3 is 2.38 bits per heavy atom. The van der Waals surface area contributed by atoms with E-state index in [1.807, 2.05) is 20.2 Å². The Balaban J connectivity index is 1.79. The molecule has 0 aliphatic rings. The molecule has 0 radical (unpaired) electrons. The van der Waals surface area contributed by atoms with Crippen molar-refractivity contribution in [2.24, 2.45) is 0 Å².